The van der Waals surface area contributed by atoms with E-state index in [1.165, 1.54) is 30.0 Å². The molecule has 2 N–H and O–H groups in total. The topological polar surface area (TPSA) is 51.8 Å². The molecule has 0 amide bonds. The molecule has 2 heterocycles. The molecule has 1 fully saturated rings. The molecule has 1 saturated heterocycles. The highest BCUT2D eigenvalue weighted by atomic mass is 32.2. The molecule has 1 aliphatic rings. The molecule has 2 rings (SSSR count). The summed E-state index contributed by atoms with van der Waals surface area (Å²) in [4.78, 5) is 8.81. The molecule has 1 aliphatic heterocycles. The predicted molar refractivity (Wildman–Crippen MR) is 64.1 cm³/mol. The molecular formula is C11H17N3S. The molecule has 0 saturated carbocycles. The van der Waals surface area contributed by atoms with Crippen LogP contribution in [0.25, 0.3) is 0 Å². The monoisotopic (exact) mass is 223 g/mol. The van der Waals surface area contributed by atoms with E-state index in [9.17, 15) is 0 Å². The highest BCUT2D eigenvalue weighted by molar-refractivity contribution is 7.99. The number of nitrogens with two attached hydrogens (primary N) is 1. The fraction of sp³-hybridized carbons (Fsp3) is 0.636. The number of hydrogen-bond acceptors (Lipinski definition) is 4. The van der Waals surface area contributed by atoms with Gasteiger partial charge in [-0.25, -0.2) is 9.97 Å². The molecule has 1 aromatic heterocycles. The minimum Gasteiger partial charge on any atom is -0.330 e. The van der Waals surface area contributed by atoms with Gasteiger partial charge in [-0.1, -0.05) is 0 Å². The Morgan fingerprint density at radius 2 is 2.20 bits per heavy atom. The zero-order valence-corrected chi connectivity index (χ0v) is 9.67. The van der Waals surface area contributed by atoms with Crippen molar-refractivity contribution >= 4 is 11.8 Å². The van der Waals surface area contributed by atoms with E-state index in [0.29, 0.717) is 12.5 Å². The average molecular weight is 223 g/mol. The lowest BCUT2D eigenvalue weighted by Crippen LogP contribution is -2.12. The third-order valence-electron chi connectivity index (χ3n) is 2.73. The first-order chi connectivity index (χ1) is 7.40. The summed E-state index contributed by atoms with van der Waals surface area (Å²) in [5.41, 5.74) is 6.72. The van der Waals surface area contributed by atoms with Crippen molar-refractivity contribution in [2.45, 2.75) is 25.2 Å². The van der Waals surface area contributed by atoms with Crippen LogP contribution >= 0.6 is 11.8 Å². The van der Waals surface area contributed by atoms with Crippen LogP contribution in [-0.4, -0.2) is 28.0 Å². The van der Waals surface area contributed by atoms with E-state index in [1.807, 2.05) is 18.0 Å². The van der Waals surface area contributed by atoms with Crippen molar-refractivity contribution in [2.75, 3.05) is 18.1 Å². The van der Waals surface area contributed by atoms with Crippen molar-refractivity contribution in [3.05, 3.63) is 23.8 Å². The van der Waals surface area contributed by atoms with Crippen molar-refractivity contribution in [2.24, 2.45) is 5.73 Å². The summed E-state index contributed by atoms with van der Waals surface area (Å²) in [7, 11) is 0. The van der Waals surface area contributed by atoms with E-state index in [4.69, 9.17) is 5.73 Å². The second kappa shape index (κ2) is 5.47. The second-order valence-electron chi connectivity index (χ2n) is 3.82. The minimum atomic E-state index is 0.629. The van der Waals surface area contributed by atoms with E-state index in [-0.39, 0.29) is 0 Å². The molecular weight excluding hydrogens is 206 g/mol. The number of hydrogen-bond donors (Lipinski definition) is 1. The Bertz CT molecular complexity index is 310. The lowest BCUT2D eigenvalue weighted by Gasteiger charge is -2.20. The Hall–Kier alpha value is -0.610. The molecule has 0 bridgehead atoms. The van der Waals surface area contributed by atoms with Gasteiger partial charge in [0.2, 0.25) is 0 Å². The lowest BCUT2D eigenvalue weighted by atomic mass is 9.98. The standard InChI is InChI=1S/C11H17N3S/c12-5-1-11-13-6-2-10(14-11)9-3-7-15-8-4-9/h2,6,9H,1,3-5,7-8,12H2. The molecule has 0 aliphatic carbocycles. The van der Waals surface area contributed by atoms with Gasteiger partial charge in [-0.05, 0) is 37.0 Å². The fourth-order valence-corrected chi connectivity index (χ4v) is 2.99. The van der Waals surface area contributed by atoms with Gasteiger partial charge in [0.25, 0.3) is 0 Å². The maximum Gasteiger partial charge on any atom is 0.129 e. The number of nitrogens with zero attached hydrogens (tertiary/aromatic N) is 2. The molecule has 1 aromatic rings. The van der Waals surface area contributed by atoms with Crippen molar-refractivity contribution in [3.8, 4) is 0 Å². The van der Waals surface area contributed by atoms with Crippen LogP contribution in [-0.2, 0) is 6.42 Å². The first-order valence-corrected chi connectivity index (χ1v) is 6.65. The van der Waals surface area contributed by atoms with Gasteiger partial charge in [0, 0.05) is 24.2 Å². The van der Waals surface area contributed by atoms with Gasteiger partial charge in [0.15, 0.2) is 0 Å². The summed E-state index contributed by atoms with van der Waals surface area (Å²) < 4.78 is 0. The molecule has 0 atom stereocenters. The summed E-state index contributed by atoms with van der Waals surface area (Å²) in [6.45, 7) is 0.629. The molecule has 0 spiro atoms. The average Bonchev–Trinajstić information content (AvgIpc) is 2.31. The van der Waals surface area contributed by atoms with Crippen molar-refractivity contribution in [3.63, 3.8) is 0 Å². The Morgan fingerprint density at radius 1 is 1.40 bits per heavy atom. The number of rotatable bonds is 3. The summed E-state index contributed by atoms with van der Waals surface area (Å²) in [5, 5.41) is 0. The fourth-order valence-electron chi connectivity index (χ4n) is 1.89. The van der Waals surface area contributed by atoms with E-state index >= 15 is 0 Å². The molecule has 82 valence electrons. The van der Waals surface area contributed by atoms with Gasteiger partial charge in [0.1, 0.15) is 5.82 Å². The van der Waals surface area contributed by atoms with E-state index < -0.39 is 0 Å². The van der Waals surface area contributed by atoms with Crippen LogP contribution in [0.5, 0.6) is 0 Å². The quantitative estimate of drug-likeness (QED) is 0.845. The number of thioether (sulfide) groups is 1. The van der Waals surface area contributed by atoms with E-state index in [0.717, 1.165) is 12.2 Å². The normalized spacial score (nSPS) is 17.9. The Kier molecular flexibility index (Phi) is 3.97. The van der Waals surface area contributed by atoms with Crippen LogP contribution in [0.3, 0.4) is 0 Å². The zero-order valence-electron chi connectivity index (χ0n) is 8.85. The van der Waals surface area contributed by atoms with Crippen LogP contribution in [0.4, 0.5) is 0 Å². The smallest absolute Gasteiger partial charge is 0.129 e. The Labute approximate surface area is 94.9 Å². The molecule has 0 radical (unpaired) electrons. The first kappa shape index (κ1) is 10.9. The highest BCUT2D eigenvalue weighted by Crippen LogP contribution is 2.30. The summed E-state index contributed by atoms with van der Waals surface area (Å²) in [5.74, 6) is 4.07. The molecule has 4 heteroatoms. The first-order valence-electron chi connectivity index (χ1n) is 5.50. The maximum absolute atomic E-state index is 5.51. The van der Waals surface area contributed by atoms with Crippen LogP contribution in [0.1, 0.15) is 30.3 Å². The number of aromatic nitrogens is 2. The van der Waals surface area contributed by atoms with E-state index in [2.05, 4.69) is 16.0 Å². The Balaban J connectivity index is 2.09. The summed E-state index contributed by atoms with van der Waals surface area (Å²) >= 11 is 2.04. The van der Waals surface area contributed by atoms with Crippen LogP contribution < -0.4 is 5.73 Å². The molecule has 0 aromatic carbocycles. The second-order valence-corrected chi connectivity index (χ2v) is 5.05. The van der Waals surface area contributed by atoms with E-state index in [1.54, 1.807) is 0 Å². The van der Waals surface area contributed by atoms with Gasteiger partial charge in [0.05, 0.1) is 0 Å². The van der Waals surface area contributed by atoms with Crippen molar-refractivity contribution in [1.29, 1.82) is 0 Å². The Morgan fingerprint density at radius 3 is 2.93 bits per heavy atom. The van der Waals surface area contributed by atoms with Gasteiger partial charge in [-0.3, -0.25) is 0 Å². The van der Waals surface area contributed by atoms with Gasteiger partial charge >= 0.3 is 0 Å². The van der Waals surface area contributed by atoms with Crippen LogP contribution in [0, 0.1) is 0 Å². The van der Waals surface area contributed by atoms with Crippen molar-refractivity contribution < 1.29 is 0 Å². The highest BCUT2D eigenvalue weighted by Gasteiger charge is 2.17. The maximum atomic E-state index is 5.51. The summed E-state index contributed by atoms with van der Waals surface area (Å²) in [6.07, 6.45) is 5.16. The predicted octanol–water partition coefficient (Wildman–Crippen LogP) is 1.59. The van der Waals surface area contributed by atoms with Gasteiger partial charge in [-0.15, -0.1) is 0 Å². The SMILES string of the molecule is NCCc1nccc(C2CCSCC2)n1. The summed E-state index contributed by atoms with van der Waals surface area (Å²) in [6, 6.07) is 2.06. The largest absolute Gasteiger partial charge is 0.330 e. The molecule has 3 nitrogen and oxygen atoms in total. The zero-order chi connectivity index (χ0) is 10.5. The van der Waals surface area contributed by atoms with Crippen LogP contribution in [0.2, 0.25) is 0 Å². The third-order valence-corrected chi connectivity index (χ3v) is 3.78. The molecule has 15 heavy (non-hydrogen) atoms. The van der Waals surface area contributed by atoms with Gasteiger partial charge < -0.3 is 5.73 Å². The molecule has 0 unspecified atom stereocenters. The van der Waals surface area contributed by atoms with Gasteiger partial charge in [-0.2, -0.15) is 11.8 Å². The minimum absolute atomic E-state index is 0.629. The van der Waals surface area contributed by atoms with Crippen LogP contribution in [0.15, 0.2) is 12.3 Å². The third kappa shape index (κ3) is 2.92. The van der Waals surface area contributed by atoms with Crippen molar-refractivity contribution in [1.82, 2.24) is 9.97 Å². The lowest BCUT2D eigenvalue weighted by molar-refractivity contribution is 0.611.